The average Bonchev–Trinajstić information content (AvgIpc) is 2.68. The van der Waals surface area contributed by atoms with Crippen LogP contribution in [0, 0.1) is 0 Å². The molecule has 1 aromatic carbocycles. The molecule has 0 bridgehead atoms. The lowest BCUT2D eigenvalue weighted by Gasteiger charge is -2.32. The van der Waals surface area contributed by atoms with Crippen LogP contribution in [0.3, 0.4) is 0 Å². The van der Waals surface area contributed by atoms with Gasteiger partial charge in [0.15, 0.2) is 0 Å². The number of halogens is 2. The van der Waals surface area contributed by atoms with Gasteiger partial charge in [-0.25, -0.2) is 0 Å². The van der Waals surface area contributed by atoms with E-state index in [0.29, 0.717) is 16.7 Å². The highest BCUT2D eigenvalue weighted by atomic mass is 35.5. The molecule has 1 aliphatic heterocycles. The highest BCUT2D eigenvalue weighted by Crippen LogP contribution is 2.43. The zero-order chi connectivity index (χ0) is 18.1. The summed E-state index contributed by atoms with van der Waals surface area (Å²) in [5.74, 6) is -0.732. The fourth-order valence-corrected chi connectivity index (χ4v) is 3.04. The standard InChI is InChI=1S/C17H23BCl2O4/c1-6-22-15(21)10-13(12-9-11(19)7-8-14(12)20)18-23-16(2,3)17(4,5)24-18/h7-9,13H,6,10H2,1-5H3. The van der Waals surface area contributed by atoms with Crippen LogP contribution in [0.25, 0.3) is 0 Å². The number of benzene rings is 1. The predicted octanol–water partition coefficient (Wildman–Crippen LogP) is 4.66. The molecule has 2 rings (SSSR count). The van der Waals surface area contributed by atoms with Gasteiger partial charge in [-0.2, -0.15) is 0 Å². The molecule has 1 fully saturated rings. The minimum Gasteiger partial charge on any atom is -0.466 e. The van der Waals surface area contributed by atoms with E-state index in [4.69, 9.17) is 37.2 Å². The summed E-state index contributed by atoms with van der Waals surface area (Å²) in [6.45, 7) is 9.95. The lowest BCUT2D eigenvalue weighted by molar-refractivity contribution is -0.143. The van der Waals surface area contributed by atoms with Gasteiger partial charge in [-0.1, -0.05) is 23.2 Å². The third-order valence-electron chi connectivity index (χ3n) is 4.65. The molecule has 7 heteroatoms. The topological polar surface area (TPSA) is 44.8 Å². The molecular formula is C17H23BCl2O4. The number of rotatable bonds is 5. The lowest BCUT2D eigenvalue weighted by atomic mass is 9.66. The molecule has 0 aromatic heterocycles. The lowest BCUT2D eigenvalue weighted by Crippen LogP contribution is -2.41. The van der Waals surface area contributed by atoms with Gasteiger partial charge in [-0.05, 0) is 58.4 Å². The molecule has 1 saturated heterocycles. The zero-order valence-electron chi connectivity index (χ0n) is 14.7. The van der Waals surface area contributed by atoms with E-state index in [-0.39, 0.29) is 12.4 Å². The maximum Gasteiger partial charge on any atom is 0.466 e. The quantitative estimate of drug-likeness (QED) is 0.556. The Hall–Kier alpha value is -0.745. The largest absolute Gasteiger partial charge is 0.466 e. The first-order chi connectivity index (χ1) is 11.1. The van der Waals surface area contributed by atoms with Gasteiger partial charge < -0.3 is 14.0 Å². The Balaban J connectivity index is 2.37. The fourth-order valence-electron chi connectivity index (χ4n) is 2.60. The highest BCUT2D eigenvalue weighted by Gasteiger charge is 2.54. The molecule has 1 aromatic rings. The minimum atomic E-state index is -0.615. The molecule has 0 spiro atoms. The van der Waals surface area contributed by atoms with Crippen molar-refractivity contribution in [3.8, 4) is 0 Å². The summed E-state index contributed by atoms with van der Waals surface area (Å²) in [6, 6.07) is 5.17. The molecule has 0 radical (unpaired) electrons. The number of esters is 1. The Morgan fingerprint density at radius 2 is 1.79 bits per heavy atom. The zero-order valence-corrected chi connectivity index (χ0v) is 16.2. The number of carbonyl (C=O) groups excluding carboxylic acids is 1. The summed E-state index contributed by atoms with van der Waals surface area (Å²) in [6.07, 6.45) is 0.102. The first-order valence-corrected chi connectivity index (χ1v) is 8.79. The van der Waals surface area contributed by atoms with Gasteiger partial charge in [-0.3, -0.25) is 4.79 Å². The normalized spacial score (nSPS) is 20.0. The summed E-state index contributed by atoms with van der Waals surface area (Å²) in [5, 5.41) is 1.06. The van der Waals surface area contributed by atoms with E-state index in [9.17, 15) is 4.79 Å². The van der Waals surface area contributed by atoms with E-state index in [1.807, 2.05) is 27.7 Å². The summed E-state index contributed by atoms with van der Waals surface area (Å²) in [5.41, 5.74) is -0.290. The maximum absolute atomic E-state index is 12.1. The van der Waals surface area contributed by atoms with Crippen molar-refractivity contribution >= 4 is 36.3 Å². The molecule has 4 nitrogen and oxygen atoms in total. The van der Waals surface area contributed by atoms with Gasteiger partial charge in [0.05, 0.1) is 24.2 Å². The molecule has 24 heavy (non-hydrogen) atoms. The second kappa shape index (κ2) is 7.24. The van der Waals surface area contributed by atoms with Crippen LogP contribution in [0.4, 0.5) is 0 Å². The number of hydrogen-bond donors (Lipinski definition) is 0. The fraction of sp³-hybridized carbons (Fsp3) is 0.588. The Morgan fingerprint density at radius 1 is 1.21 bits per heavy atom. The van der Waals surface area contributed by atoms with E-state index in [1.54, 1.807) is 25.1 Å². The van der Waals surface area contributed by atoms with E-state index >= 15 is 0 Å². The molecule has 1 atom stereocenters. The monoisotopic (exact) mass is 372 g/mol. The van der Waals surface area contributed by atoms with Gasteiger partial charge in [0.1, 0.15) is 0 Å². The first kappa shape index (κ1) is 19.6. The Kier molecular flexibility index (Phi) is 5.91. The molecule has 0 amide bonds. The van der Waals surface area contributed by atoms with E-state index in [2.05, 4.69) is 0 Å². The van der Waals surface area contributed by atoms with E-state index in [0.717, 1.165) is 5.56 Å². The van der Waals surface area contributed by atoms with E-state index in [1.165, 1.54) is 0 Å². The summed E-state index contributed by atoms with van der Waals surface area (Å²) >= 11 is 12.5. The van der Waals surface area contributed by atoms with Gasteiger partial charge in [0, 0.05) is 15.9 Å². The van der Waals surface area contributed by atoms with Crippen LogP contribution < -0.4 is 0 Å². The van der Waals surface area contributed by atoms with Crippen molar-refractivity contribution < 1.29 is 18.8 Å². The van der Waals surface area contributed by atoms with Gasteiger partial charge >= 0.3 is 13.1 Å². The SMILES string of the molecule is CCOC(=O)CC(B1OC(C)(C)C(C)(C)O1)c1cc(Cl)ccc1Cl. The number of hydrogen-bond acceptors (Lipinski definition) is 4. The molecule has 1 unspecified atom stereocenters. The van der Waals surface area contributed by atoms with Gasteiger partial charge in [-0.15, -0.1) is 0 Å². The van der Waals surface area contributed by atoms with Crippen LogP contribution >= 0.6 is 23.2 Å². The van der Waals surface area contributed by atoms with Crippen molar-refractivity contribution in [2.24, 2.45) is 0 Å². The predicted molar refractivity (Wildman–Crippen MR) is 96.5 cm³/mol. The van der Waals surface area contributed by atoms with Crippen LogP contribution in [-0.4, -0.2) is 30.9 Å². The number of carbonyl (C=O) groups is 1. The summed E-state index contributed by atoms with van der Waals surface area (Å²) < 4.78 is 17.3. The van der Waals surface area contributed by atoms with Crippen molar-refractivity contribution in [3.05, 3.63) is 33.8 Å². The molecule has 1 heterocycles. The van der Waals surface area contributed by atoms with Crippen LogP contribution in [0.5, 0.6) is 0 Å². The smallest absolute Gasteiger partial charge is 0.466 e. The van der Waals surface area contributed by atoms with Crippen molar-refractivity contribution in [2.45, 2.75) is 58.1 Å². The van der Waals surface area contributed by atoms with Crippen molar-refractivity contribution in [2.75, 3.05) is 6.61 Å². The highest BCUT2D eigenvalue weighted by molar-refractivity contribution is 6.48. The summed E-state index contributed by atoms with van der Waals surface area (Å²) in [7, 11) is -0.615. The summed E-state index contributed by atoms with van der Waals surface area (Å²) in [4.78, 5) is 12.1. The Morgan fingerprint density at radius 3 is 2.33 bits per heavy atom. The van der Waals surface area contributed by atoms with Crippen LogP contribution in [0.1, 0.15) is 52.4 Å². The van der Waals surface area contributed by atoms with Crippen molar-refractivity contribution in [3.63, 3.8) is 0 Å². The minimum absolute atomic E-state index is 0.102. The van der Waals surface area contributed by atoms with Gasteiger partial charge in [0.25, 0.3) is 0 Å². The second-order valence-electron chi connectivity index (χ2n) is 6.91. The third-order valence-corrected chi connectivity index (χ3v) is 5.23. The molecule has 132 valence electrons. The van der Waals surface area contributed by atoms with Gasteiger partial charge in [0.2, 0.25) is 0 Å². The molecular weight excluding hydrogens is 350 g/mol. The number of ether oxygens (including phenoxy) is 1. The average molecular weight is 373 g/mol. The molecule has 0 N–H and O–H groups in total. The molecule has 1 aliphatic rings. The third kappa shape index (κ3) is 4.08. The first-order valence-electron chi connectivity index (χ1n) is 8.03. The van der Waals surface area contributed by atoms with Crippen molar-refractivity contribution in [1.82, 2.24) is 0 Å². The Labute approximate surface area is 153 Å². The van der Waals surface area contributed by atoms with Crippen molar-refractivity contribution in [1.29, 1.82) is 0 Å². The Bertz CT molecular complexity index is 603. The second-order valence-corrected chi connectivity index (χ2v) is 7.75. The van der Waals surface area contributed by atoms with E-state index < -0.39 is 24.1 Å². The molecule has 0 saturated carbocycles. The van der Waals surface area contributed by atoms with Crippen LogP contribution in [0.15, 0.2) is 18.2 Å². The maximum atomic E-state index is 12.1. The van der Waals surface area contributed by atoms with Crippen LogP contribution in [-0.2, 0) is 18.8 Å². The van der Waals surface area contributed by atoms with Crippen LogP contribution in [0.2, 0.25) is 10.0 Å². The molecule has 0 aliphatic carbocycles.